The van der Waals surface area contributed by atoms with Crippen LogP contribution in [0.25, 0.3) is 5.57 Å². The first-order valence-electron chi connectivity index (χ1n) is 9.78. The summed E-state index contributed by atoms with van der Waals surface area (Å²) in [4.78, 5) is 0. The van der Waals surface area contributed by atoms with Gasteiger partial charge in [-0.3, -0.25) is 0 Å². The molecule has 0 unspecified atom stereocenters. The molecule has 0 N–H and O–H groups in total. The van der Waals surface area contributed by atoms with E-state index in [0.717, 1.165) is 30.1 Å². The van der Waals surface area contributed by atoms with Gasteiger partial charge in [0.25, 0.3) is 0 Å². The van der Waals surface area contributed by atoms with E-state index in [4.69, 9.17) is 18.9 Å². The molecular formula is C24H30O4. The number of methoxy groups -OCH3 is 4. The standard InChI is InChI=1S/C24H30O4/c1-16-6-8-17(9-7-16)23(18-10-12-20(25-2)13-11-18)19-14-21(26-3)24(28-5)22(15-19)27-4/h10-16H,6-9H2,1-5H3. The molecule has 0 aliphatic heterocycles. The van der Waals surface area contributed by atoms with E-state index in [2.05, 4.69) is 19.1 Å². The van der Waals surface area contributed by atoms with Crippen LogP contribution in [0.1, 0.15) is 43.7 Å². The Morgan fingerprint density at radius 2 is 1.32 bits per heavy atom. The third kappa shape index (κ3) is 4.11. The summed E-state index contributed by atoms with van der Waals surface area (Å²) >= 11 is 0. The third-order valence-electron chi connectivity index (χ3n) is 5.56. The van der Waals surface area contributed by atoms with Gasteiger partial charge in [0.2, 0.25) is 5.75 Å². The molecule has 3 rings (SSSR count). The van der Waals surface area contributed by atoms with Crippen LogP contribution in [0.5, 0.6) is 23.0 Å². The highest BCUT2D eigenvalue weighted by Crippen LogP contribution is 2.44. The molecule has 4 heteroatoms. The molecule has 0 saturated heterocycles. The van der Waals surface area contributed by atoms with E-state index in [0.29, 0.717) is 17.2 Å². The Morgan fingerprint density at radius 1 is 0.750 bits per heavy atom. The minimum atomic E-state index is 0.616. The van der Waals surface area contributed by atoms with Gasteiger partial charge in [0, 0.05) is 0 Å². The van der Waals surface area contributed by atoms with E-state index in [-0.39, 0.29) is 0 Å². The summed E-state index contributed by atoms with van der Waals surface area (Å²) in [6.07, 6.45) is 4.66. The maximum atomic E-state index is 5.60. The minimum Gasteiger partial charge on any atom is -0.497 e. The van der Waals surface area contributed by atoms with Crippen molar-refractivity contribution in [2.75, 3.05) is 28.4 Å². The maximum Gasteiger partial charge on any atom is 0.203 e. The summed E-state index contributed by atoms with van der Waals surface area (Å²) in [5.41, 5.74) is 5.01. The van der Waals surface area contributed by atoms with E-state index in [9.17, 15) is 0 Å². The summed E-state index contributed by atoms with van der Waals surface area (Å²) in [6.45, 7) is 2.34. The zero-order chi connectivity index (χ0) is 20.1. The number of benzene rings is 2. The molecule has 0 amide bonds. The monoisotopic (exact) mass is 382 g/mol. The maximum absolute atomic E-state index is 5.60. The Hall–Kier alpha value is -2.62. The van der Waals surface area contributed by atoms with Gasteiger partial charge < -0.3 is 18.9 Å². The quantitative estimate of drug-likeness (QED) is 0.639. The summed E-state index contributed by atoms with van der Waals surface area (Å²) < 4.78 is 22.0. The Balaban J connectivity index is 2.18. The van der Waals surface area contributed by atoms with Gasteiger partial charge in [0.15, 0.2) is 11.5 Å². The molecule has 4 nitrogen and oxygen atoms in total. The third-order valence-corrected chi connectivity index (χ3v) is 5.56. The Labute approximate surface area is 168 Å². The highest BCUT2D eigenvalue weighted by Gasteiger charge is 2.21. The molecule has 0 heterocycles. The lowest BCUT2D eigenvalue weighted by Crippen LogP contribution is -2.07. The molecule has 1 aliphatic carbocycles. The second-order valence-corrected chi connectivity index (χ2v) is 7.30. The van der Waals surface area contributed by atoms with Gasteiger partial charge in [-0.2, -0.15) is 0 Å². The van der Waals surface area contributed by atoms with Gasteiger partial charge in [-0.25, -0.2) is 0 Å². The lowest BCUT2D eigenvalue weighted by Gasteiger charge is -2.25. The molecule has 0 aromatic heterocycles. The lowest BCUT2D eigenvalue weighted by molar-refractivity contribution is 0.324. The van der Waals surface area contributed by atoms with E-state index >= 15 is 0 Å². The second-order valence-electron chi connectivity index (χ2n) is 7.30. The molecule has 0 radical (unpaired) electrons. The van der Waals surface area contributed by atoms with Crippen molar-refractivity contribution in [3.05, 3.63) is 53.1 Å². The largest absolute Gasteiger partial charge is 0.497 e. The Kier molecular flexibility index (Phi) is 6.50. The van der Waals surface area contributed by atoms with Crippen molar-refractivity contribution in [1.29, 1.82) is 0 Å². The van der Waals surface area contributed by atoms with E-state index in [1.165, 1.54) is 29.6 Å². The minimum absolute atomic E-state index is 0.616. The van der Waals surface area contributed by atoms with Crippen LogP contribution in [0.15, 0.2) is 42.0 Å². The highest BCUT2D eigenvalue weighted by atomic mass is 16.5. The second kappa shape index (κ2) is 9.05. The highest BCUT2D eigenvalue weighted by molar-refractivity contribution is 5.84. The summed E-state index contributed by atoms with van der Waals surface area (Å²) in [5, 5.41) is 0. The number of allylic oxidation sites excluding steroid dienone is 1. The van der Waals surface area contributed by atoms with Gasteiger partial charge in [-0.1, -0.05) is 24.6 Å². The van der Waals surface area contributed by atoms with E-state index in [1.54, 1.807) is 28.4 Å². The first kappa shape index (κ1) is 20.1. The van der Waals surface area contributed by atoms with Crippen LogP contribution in [0.4, 0.5) is 0 Å². The van der Waals surface area contributed by atoms with E-state index in [1.807, 2.05) is 24.3 Å². The van der Waals surface area contributed by atoms with Crippen LogP contribution in [-0.4, -0.2) is 28.4 Å². The predicted octanol–water partition coefficient (Wildman–Crippen LogP) is 5.73. The molecule has 0 spiro atoms. The number of hydrogen-bond donors (Lipinski definition) is 0. The van der Waals surface area contributed by atoms with Crippen LogP contribution in [0.3, 0.4) is 0 Å². The van der Waals surface area contributed by atoms with Crippen molar-refractivity contribution in [3.63, 3.8) is 0 Å². The first-order chi connectivity index (χ1) is 13.6. The molecule has 150 valence electrons. The van der Waals surface area contributed by atoms with Crippen molar-refractivity contribution in [2.24, 2.45) is 5.92 Å². The van der Waals surface area contributed by atoms with Crippen molar-refractivity contribution in [3.8, 4) is 23.0 Å². The summed E-state index contributed by atoms with van der Waals surface area (Å²) in [6, 6.07) is 12.4. The SMILES string of the molecule is COc1ccc(C(=C2CCC(C)CC2)c2cc(OC)c(OC)c(OC)c2)cc1. The molecule has 2 aromatic carbocycles. The van der Waals surface area contributed by atoms with Crippen LogP contribution in [0.2, 0.25) is 0 Å². The van der Waals surface area contributed by atoms with Crippen molar-refractivity contribution in [1.82, 2.24) is 0 Å². The predicted molar refractivity (Wildman–Crippen MR) is 113 cm³/mol. The van der Waals surface area contributed by atoms with Gasteiger partial charge >= 0.3 is 0 Å². The van der Waals surface area contributed by atoms with Crippen LogP contribution < -0.4 is 18.9 Å². The van der Waals surface area contributed by atoms with Crippen LogP contribution in [0, 0.1) is 5.92 Å². The zero-order valence-corrected chi connectivity index (χ0v) is 17.5. The fourth-order valence-corrected chi connectivity index (χ4v) is 3.92. The Morgan fingerprint density at radius 3 is 1.79 bits per heavy atom. The molecular weight excluding hydrogens is 352 g/mol. The van der Waals surface area contributed by atoms with Crippen LogP contribution in [-0.2, 0) is 0 Å². The first-order valence-corrected chi connectivity index (χ1v) is 9.78. The lowest BCUT2D eigenvalue weighted by atomic mass is 9.81. The number of ether oxygens (including phenoxy) is 4. The molecule has 0 atom stereocenters. The van der Waals surface area contributed by atoms with E-state index < -0.39 is 0 Å². The zero-order valence-electron chi connectivity index (χ0n) is 17.5. The fourth-order valence-electron chi connectivity index (χ4n) is 3.92. The molecule has 1 aliphatic rings. The summed E-state index contributed by atoms with van der Waals surface area (Å²) in [5.74, 6) is 3.60. The summed E-state index contributed by atoms with van der Waals surface area (Å²) in [7, 11) is 6.63. The molecule has 0 bridgehead atoms. The van der Waals surface area contributed by atoms with Crippen molar-refractivity contribution < 1.29 is 18.9 Å². The molecule has 1 fully saturated rings. The topological polar surface area (TPSA) is 36.9 Å². The fraction of sp³-hybridized carbons (Fsp3) is 0.417. The van der Waals surface area contributed by atoms with Crippen molar-refractivity contribution >= 4 is 5.57 Å². The smallest absolute Gasteiger partial charge is 0.203 e. The average molecular weight is 383 g/mol. The van der Waals surface area contributed by atoms with Gasteiger partial charge in [0.1, 0.15) is 5.75 Å². The number of rotatable bonds is 6. The molecule has 28 heavy (non-hydrogen) atoms. The average Bonchev–Trinajstić information content (AvgIpc) is 2.75. The molecule has 1 saturated carbocycles. The van der Waals surface area contributed by atoms with Gasteiger partial charge in [-0.15, -0.1) is 0 Å². The van der Waals surface area contributed by atoms with Crippen molar-refractivity contribution in [2.45, 2.75) is 32.6 Å². The normalized spacial score (nSPS) is 16.5. The van der Waals surface area contributed by atoms with Gasteiger partial charge in [-0.05, 0) is 72.6 Å². The Bertz CT molecular complexity index is 801. The number of hydrogen-bond acceptors (Lipinski definition) is 4. The van der Waals surface area contributed by atoms with Gasteiger partial charge in [0.05, 0.1) is 28.4 Å². The molecule has 2 aromatic rings. The van der Waals surface area contributed by atoms with Crippen LogP contribution >= 0.6 is 0 Å².